The monoisotopic (exact) mass is 398 g/mol. The van der Waals surface area contributed by atoms with E-state index in [2.05, 4.69) is 31.6 Å². The molecule has 0 aromatic heterocycles. The van der Waals surface area contributed by atoms with Gasteiger partial charge in [0.2, 0.25) is 0 Å². The Balaban J connectivity index is 1.79. The Morgan fingerprint density at radius 3 is 2.31 bits per heavy atom. The van der Waals surface area contributed by atoms with Crippen molar-refractivity contribution in [3.8, 4) is 11.5 Å². The standard InChI is InChI=1S/C23H30N2O4/c1-5-16(3)20-9-7-8-10-21(20)28-15-22(26)24-25-23(27)17(4)29-19-13-11-18(6-2)12-14-19/h7-14,16-17H,5-6,15H2,1-4H3,(H,24,26)(H,25,27). The molecule has 0 fully saturated rings. The molecule has 2 aromatic rings. The number of hydrazine groups is 1. The molecule has 0 aliphatic rings. The summed E-state index contributed by atoms with van der Waals surface area (Å²) in [6.45, 7) is 7.71. The Hall–Kier alpha value is -3.02. The van der Waals surface area contributed by atoms with Gasteiger partial charge in [-0.25, -0.2) is 0 Å². The SMILES string of the molecule is CCc1ccc(OC(C)C(=O)NNC(=O)COc2ccccc2C(C)CC)cc1. The average molecular weight is 399 g/mol. The lowest BCUT2D eigenvalue weighted by atomic mass is 9.98. The molecule has 0 bridgehead atoms. The topological polar surface area (TPSA) is 76.7 Å². The first-order valence-corrected chi connectivity index (χ1v) is 10.0. The normalized spacial score (nSPS) is 12.6. The molecule has 29 heavy (non-hydrogen) atoms. The predicted molar refractivity (Wildman–Crippen MR) is 113 cm³/mol. The smallest absolute Gasteiger partial charge is 0.279 e. The fraction of sp³-hybridized carbons (Fsp3) is 0.391. The van der Waals surface area contributed by atoms with Gasteiger partial charge in [-0.05, 0) is 55.0 Å². The molecule has 2 amide bonds. The molecular weight excluding hydrogens is 368 g/mol. The number of benzene rings is 2. The molecule has 2 unspecified atom stereocenters. The number of hydrogen-bond donors (Lipinski definition) is 2. The van der Waals surface area contributed by atoms with Gasteiger partial charge >= 0.3 is 0 Å². The number of carbonyl (C=O) groups is 2. The van der Waals surface area contributed by atoms with Crippen molar-refractivity contribution in [3.05, 3.63) is 59.7 Å². The van der Waals surface area contributed by atoms with Crippen molar-refractivity contribution in [1.82, 2.24) is 10.9 Å². The second-order valence-corrected chi connectivity index (χ2v) is 6.93. The van der Waals surface area contributed by atoms with Crippen LogP contribution in [0.2, 0.25) is 0 Å². The second kappa shape index (κ2) is 11.1. The van der Waals surface area contributed by atoms with E-state index < -0.39 is 17.9 Å². The minimum absolute atomic E-state index is 0.193. The molecule has 6 nitrogen and oxygen atoms in total. The number of nitrogens with one attached hydrogen (secondary N) is 2. The largest absolute Gasteiger partial charge is 0.483 e. The molecule has 0 saturated heterocycles. The van der Waals surface area contributed by atoms with Crippen molar-refractivity contribution < 1.29 is 19.1 Å². The highest BCUT2D eigenvalue weighted by molar-refractivity contribution is 5.85. The molecule has 0 heterocycles. The quantitative estimate of drug-likeness (QED) is 0.631. The zero-order chi connectivity index (χ0) is 21.2. The molecule has 2 rings (SSSR count). The molecule has 156 valence electrons. The number of amides is 2. The van der Waals surface area contributed by atoms with Gasteiger partial charge in [0.05, 0.1) is 0 Å². The third-order valence-corrected chi connectivity index (χ3v) is 4.76. The van der Waals surface area contributed by atoms with Gasteiger partial charge < -0.3 is 9.47 Å². The summed E-state index contributed by atoms with van der Waals surface area (Å²) in [5.41, 5.74) is 6.97. The highest BCUT2D eigenvalue weighted by Gasteiger charge is 2.16. The van der Waals surface area contributed by atoms with Crippen molar-refractivity contribution in [1.29, 1.82) is 0 Å². The van der Waals surface area contributed by atoms with Crippen LogP contribution in [-0.2, 0) is 16.0 Å². The van der Waals surface area contributed by atoms with Gasteiger partial charge in [0.15, 0.2) is 12.7 Å². The molecule has 0 aliphatic heterocycles. The van der Waals surface area contributed by atoms with E-state index in [4.69, 9.17) is 9.47 Å². The maximum atomic E-state index is 12.1. The Morgan fingerprint density at radius 1 is 0.966 bits per heavy atom. The molecule has 0 spiro atoms. The van der Waals surface area contributed by atoms with E-state index in [9.17, 15) is 9.59 Å². The molecule has 6 heteroatoms. The molecule has 2 atom stereocenters. The van der Waals surface area contributed by atoms with Crippen LogP contribution in [0.1, 0.15) is 51.2 Å². The van der Waals surface area contributed by atoms with Crippen molar-refractivity contribution in [2.75, 3.05) is 6.61 Å². The van der Waals surface area contributed by atoms with Crippen LogP contribution in [0.4, 0.5) is 0 Å². The molecule has 0 radical (unpaired) electrons. The van der Waals surface area contributed by atoms with E-state index in [1.54, 1.807) is 6.92 Å². The van der Waals surface area contributed by atoms with E-state index in [-0.39, 0.29) is 6.61 Å². The predicted octanol–water partition coefficient (Wildman–Crippen LogP) is 3.76. The van der Waals surface area contributed by atoms with Crippen LogP contribution in [0.5, 0.6) is 11.5 Å². The lowest BCUT2D eigenvalue weighted by Gasteiger charge is -2.17. The van der Waals surface area contributed by atoms with Crippen LogP contribution in [0.25, 0.3) is 0 Å². The molecule has 0 saturated carbocycles. The van der Waals surface area contributed by atoms with Gasteiger partial charge in [-0.15, -0.1) is 0 Å². The summed E-state index contributed by atoms with van der Waals surface area (Å²) in [6, 6.07) is 15.2. The molecule has 2 aromatic carbocycles. The summed E-state index contributed by atoms with van der Waals surface area (Å²) >= 11 is 0. The number of ether oxygens (including phenoxy) is 2. The van der Waals surface area contributed by atoms with E-state index in [0.29, 0.717) is 17.4 Å². The van der Waals surface area contributed by atoms with Gasteiger partial charge in [0.1, 0.15) is 11.5 Å². The Labute approximate surface area is 172 Å². The zero-order valence-corrected chi connectivity index (χ0v) is 17.5. The van der Waals surface area contributed by atoms with E-state index in [1.807, 2.05) is 48.5 Å². The first-order chi connectivity index (χ1) is 13.9. The van der Waals surface area contributed by atoms with E-state index >= 15 is 0 Å². The van der Waals surface area contributed by atoms with Crippen molar-refractivity contribution in [2.45, 2.75) is 52.6 Å². The van der Waals surface area contributed by atoms with Gasteiger partial charge in [-0.2, -0.15) is 0 Å². The second-order valence-electron chi connectivity index (χ2n) is 6.93. The highest BCUT2D eigenvalue weighted by Crippen LogP contribution is 2.28. The van der Waals surface area contributed by atoms with Crippen LogP contribution in [0, 0.1) is 0 Å². The third-order valence-electron chi connectivity index (χ3n) is 4.76. The van der Waals surface area contributed by atoms with Gasteiger partial charge in [0.25, 0.3) is 11.8 Å². The first kappa shape index (κ1) is 22.3. The van der Waals surface area contributed by atoms with Crippen LogP contribution in [0.15, 0.2) is 48.5 Å². The Morgan fingerprint density at radius 2 is 1.66 bits per heavy atom. The van der Waals surface area contributed by atoms with Crippen molar-refractivity contribution >= 4 is 11.8 Å². The van der Waals surface area contributed by atoms with Crippen LogP contribution < -0.4 is 20.3 Å². The summed E-state index contributed by atoms with van der Waals surface area (Å²) in [5, 5.41) is 0. The third kappa shape index (κ3) is 6.82. The first-order valence-electron chi connectivity index (χ1n) is 10.0. The van der Waals surface area contributed by atoms with Gasteiger partial charge in [0, 0.05) is 0 Å². The lowest BCUT2D eigenvalue weighted by molar-refractivity contribution is -0.133. The van der Waals surface area contributed by atoms with Crippen LogP contribution in [0.3, 0.4) is 0 Å². The number of para-hydroxylation sites is 1. The van der Waals surface area contributed by atoms with Crippen LogP contribution in [-0.4, -0.2) is 24.5 Å². The summed E-state index contributed by atoms with van der Waals surface area (Å²) in [7, 11) is 0. The number of carbonyl (C=O) groups excluding carboxylic acids is 2. The molecule has 0 aliphatic carbocycles. The van der Waals surface area contributed by atoms with E-state index in [0.717, 1.165) is 18.4 Å². The highest BCUT2D eigenvalue weighted by atomic mass is 16.5. The van der Waals surface area contributed by atoms with Crippen molar-refractivity contribution in [3.63, 3.8) is 0 Å². The zero-order valence-electron chi connectivity index (χ0n) is 17.5. The van der Waals surface area contributed by atoms with E-state index in [1.165, 1.54) is 5.56 Å². The summed E-state index contributed by atoms with van der Waals surface area (Å²) in [5.74, 6) is 0.713. The summed E-state index contributed by atoms with van der Waals surface area (Å²) in [6.07, 6.45) is 1.16. The Bertz CT molecular complexity index is 805. The number of rotatable bonds is 9. The summed E-state index contributed by atoms with van der Waals surface area (Å²) in [4.78, 5) is 24.2. The minimum Gasteiger partial charge on any atom is -0.483 e. The molecule has 2 N–H and O–H groups in total. The van der Waals surface area contributed by atoms with Gasteiger partial charge in [-0.3, -0.25) is 20.4 Å². The number of hydrogen-bond acceptors (Lipinski definition) is 4. The van der Waals surface area contributed by atoms with Crippen LogP contribution >= 0.6 is 0 Å². The Kier molecular flexibility index (Phi) is 8.52. The lowest BCUT2D eigenvalue weighted by Crippen LogP contribution is -2.48. The molecular formula is C23H30N2O4. The maximum absolute atomic E-state index is 12.1. The fourth-order valence-corrected chi connectivity index (χ4v) is 2.71. The maximum Gasteiger partial charge on any atom is 0.279 e. The number of aryl methyl sites for hydroxylation is 1. The summed E-state index contributed by atoms with van der Waals surface area (Å²) < 4.78 is 11.2. The average Bonchev–Trinajstić information content (AvgIpc) is 2.76. The van der Waals surface area contributed by atoms with Crippen molar-refractivity contribution in [2.24, 2.45) is 0 Å². The minimum atomic E-state index is -0.755. The van der Waals surface area contributed by atoms with Gasteiger partial charge in [-0.1, -0.05) is 51.1 Å². The fourth-order valence-electron chi connectivity index (χ4n) is 2.71.